The predicted octanol–water partition coefficient (Wildman–Crippen LogP) is 4.19. The number of aryl methyl sites for hydroxylation is 1. The fourth-order valence-corrected chi connectivity index (χ4v) is 2.66. The number of anilines is 1. The third kappa shape index (κ3) is 2.23. The lowest BCUT2D eigenvalue weighted by molar-refractivity contribution is 0.880. The highest BCUT2D eigenvalue weighted by Crippen LogP contribution is 2.29. The molecule has 0 saturated carbocycles. The normalized spacial score (nSPS) is 10.7. The molecule has 0 amide bonds. The summed E-state index contributed by atoms with van der Waals surface area (Å²) in [5.41, 5.74) is 10.8. The van der Waals surface area contributed by atoms with Crippen LogP contribution in [0.2, 0.25) is 0 Å². The number of hydrogen-bond acceptors (Lipinski definition) is 2. The molecule has 2 aromatic carbocycles. The Morgan fingerprint density at radius 2 is 1.75 bits per heavy atom. The zero-order chi connectivity index (χ0) is 14.1. The summed E-state index contributed by atoms with van der Waals surface area (Å²) in [5, 5.41) is 4.63. The highest BCUT2D eigenvalue weighted by molar-refractivity contribution is 9.10. The van der Waals surface area contributed by atoms with E-state index in [9.17, 15) is 0 Å². The van der Waals surface area contributed by atoms with Gasteiger partial charge in [-0.3, -0.25) is 0 Å². The highest BCUT2D eigenvalue weighted by Gasteiger charge is 2.12. The molecular formula is C16H14BrN3. The Balaban J connectivity index is 2.13. The van der Waals surface area contributed by atoms with Crippen LogP contribution in [0.5, 0.6) is 0 Å². The molecule has 1 heterocycles. The van der Waals surface area contributed by atoms with Gasteiger partial charge >= 0.3 is 0 Å². The number of nitrogens with two attached hydrogens (primary N) is 1. The molecule has 0 aliphatic heterocycles. The SMILES string of the molecule is Cc1ccccc1-c1nn(-c2ccccc2Br)cc1N. The first-order valence-corrected chi connectivity index (χ1v) is 7.12. The molecule has 3 rings (SSSR count). The minimum absolute atomic E-state index is 0.676. The molecule has 2 N–H and O–H groups in total. The standard InChI is InChI=1S/C16H14BrN3/c1-11-6-2-3-7-12(11)16-14(18)10-20(19-16)15-9-5-4-8-13(15)17/h2-10H,18H2,1H3. The molecule has 4 heteroatoms. The fraction of sp³-hybridized carbons (Fsp3) is 0.0625. The van der Waals surface area contributed by atoms with Crippen LogP contribution in [0.15, 0.2) is 59.2 Å². The van der Waals surface area contributed by atoms with Crippen LogP contribution in [0, 0.1) is 6.92 Å². The molecule has 20 heavy (non-hydrogen) atoms. The number of benzene rings is 2. The van der Waals surface area contributed by atoms with Crippen molar-refractivity contribution >= 4 is 21.6 Å². The third-order valence-corrected chi connectivity index (χ3v) is 3.91. The first-order valence-electron chi connectivity index (χ1n) is 6.33. The number of nitrogen functional groups attached to an aromatic ring is 1. The Morgan fingerprint density at radius 1 is 1.05 bits per heavy atom. The predicted molar refractivity (Wildman–Crippen MR) is 85.8 cm³/mol. The molecule has 0 atom stereocenters. The second-order valence-electron chi connectivity index (χ2n) is 4.64. The smallest absolute Gasteiger partial charge is 0.116 e. The van der Waals surface area contributed by atoms with E-state index < -0.39 is 0 Å². The summed E-state index contributed by atoms with van der Waals surface area (Å²) in [6, 6.07) is 16.1. The van der Waals surface area contributed by atoms with Crippen molar-refractivity contribution in [2.45, 2.75) is 6.92 Å². The third-order valence-electron chi connectivity index (χ3n) is 3.24. The van der Waals surface area contributed by atoms with E-state index in [1.54, 1.807) is 4.68 Å². The zero-order valence-corrected chi connectivity index (χ0v) is 12.6. The van der Waals surface area contributed by atoms with Gasteiger partial charge in [-0.2, -0.15) is 5.10 Å². The second-order valence-corrected chi connectivity index (χ2v) is 5.50. The van der Waals surface area contributed by atoms with Gasteiger partial charge in [0.25, 0.3) is 0 Å². The second kappa shape index (κ2) is 5.13. The van der Waals surface area contributed by atoms with Crippen LogP contribution in [-0.2, 0) is 0 Å². The Hall–Kier alpha value is -2.07. The summed E-state index contributed by atoms with van der Waals surface area (Å²) in [5.74, 6) is 0. The van der Waals surface area contributed by atoms with Crippen molar-refractivity contribution in [2.75, 3.05) is 5.73 Å². The molecule has 3 aromatic rings. The molecule has 0 radical (unpaired) electrons. The van der Waals surface area contributed by atoms with Crippen LogP contribution in [0.1, 0.15) is 5.56 Å². The van der Waals surface area contributed by atoms with Crippen molar-refractivity contribution in [1.29, 1.82) is 0 Å². The number of nitrogens with zero attached hydrogens (tertiary/aromatic N) is 2. The summed E-state index contributed by atoms with van der Waals surface area (Å²) < 4.78 is 2.79. The molecule has 0 aliphatic rings. The van der Waals surface area contributed by atoms with E-state index in [-0.39, 0.29) is 0 Å². The molecule has 100 valence electrons. The van der Waals surface area contributed by atoms with E-state index in [0.717, 1.165) is 27.0 Å². The van der Waals surface area contributed by atoms with Gasteiger partial charge < -0.3 is 5.73 Å². The van der Waals surface area contributed by atoms with Crippen molar-refractivity contribution in [3.63, 3.8) is 0 Å². The molecule has 0 bridgehead atoms. The van der Waals surface area contributed by atoms with Gasteiger partial charge in [0.2, 0.25) is 0 Å². The lowest BCUT2D eigenvalue weighted by Crippen LogP contribution is -1.96. The first-order chi connectivity index (χ1) is 9.66. The summed E-state index contributed by atoms with van der Waals surface area (Å²) in [6.07, 6.45) is 1.85. The molecule has 3 nitrogen and oxygen atoms in total. The molecule has 0 saturated heterocycles. The molecule has 1 aromatic heterocycles. The van der Waals surface area contributed by atoms with Gasteiger partial charge in [-0.1, -0.05) is 36.4 Å². The van der Waals surface area contributed by atoms with Crippen molar-refractivity contribution in [3.05, 3.63) is 64.8 Å². The lowest BCUT2D eigenvalue weighted by atomic mass is 10.1. The Morgan fingerprint density at radius 3 is 2.50 bits per heavy atom. The monoisotopic (exact) mass is 327 g/mol. The van der Waals surface area contributed by atoms with Crippen molar-refractivity contribution in [3.8, 4) is 16.9 Å². The van der Waals surface area contributed by atoms with Crippen LogP contribution < -0.4 is 5.73 Å². The summed E-state index contributed by atoms with van der Waals surface area (Å²) >= 11 is 3.54. The van der Waals surface area contributed by atoms with Crippen molar-refractivity contribution < 1.29 is 0 Å². The minimum atomic E-state index is 0.676. The van der Waals surface area contributed by atoms with Crippen LogP contribution in [0.25, 0.3) is 16.9 Å². The van der Waals surface area contributed by atoms with Gasteiger partial charge in [-0.15, -0.1) is 0 Å². The van der Waals surface area contributed by atoms with Crippen LogP contribution in [0.3, 0.4) is 0 Å². The van der Waals surface area contributed by atoms with Gasteiger partial charge in [0.15, 0.2) is 0 Å². The molecule has 0 fully saturated rings. The summed E-state index contributed by atoms with van der Waals surface area (Å²) in [4.78, 5) is 0. The van der Waals surface area contributed by atoms with E-state index in [0.29, 0.717) is 5.69 Å². The van der Waals surface area contributed by atoms with Crippen molar-refractivity contribution in [1.82, 2.24) is 9.78 Å². The summed E-state index contributed by atoms with van der Waals surface area (Å²) in [7, 11) is 0. The Labute approximate surface area is 126 Å². The molecule has 0 aliphatic carbocycles. The maximum absolute atomic E-state index is 6.13. The van der Waals surface area contributed by atoms with Gasteiger partial charge in [0.05, 0.1) is 17.6 Å². The number of para-hydroxylation sites is 1. The largest absolute Gasteiger partial charge is 0.396 e. The first kappa shape index (κ1) is 12.9. The van der Waals surface area contributed by atoms with E-state index in [4.69, 9.17) is 5.73 Å². The Kier molecular flexibility index (Phi) is 3.32. The molecular weight excluding hydrogens is 314 g/mol. The van der Waals surface area contributed by atoms with Gasteiger partial charge in [-0.05, 0) is 40.5 Å². The minimum Gasteiger partial charge on any atom is -0.396 e. The van der Waals surface area contributed by atoms with Crippen LogP contribution in [-0.4, -0.2) is 9.78 Å². The maximum atomic E-state index is 6.13. The average molecular weight is 328 g/mol. The van der Waals surface area contributed by atoms with Crippen LogP contribution >= 0.6 is 15.9 Å². The average Bonchev–Trinajstić information content (AvgIpc) is 2.81. The molecule has 0 unspecified atom stereocenters. The fourth-order valence-electron chi connectivity index (χ4n) is 2.20. The number of rotatable bonds is 2. The van der Waals surface area contributed by atoms with Gasteiger partial charge in [0.1, 0.15) is 5.69 Å². The topological polar surface area (TPSA) is 43.8 Å². The zero-order valence-electron chi connectivity index (χ0n) is 11.0. The maximum Gasteiger partial charge on any atom is 0.116 e. The van der Waals surface area contributed by atoms with E-state index in [1.807, 2.05) is 48.7 Å². The Bertz CT molecular complexity index is 762. The van der Waals surface area contributed by atoms with Crippen LogP contribution in [0.4, 0.5) is 5.69 Å². The molecule has 0 spiro atoms. The van der Waals surface area contributed by atoms with E-state index in [1.165, 1.54) is 0 Å². The van der Waals surface area contributed by atoms with E-state index in [2.05, 4.69) is 34.0 Å². The van der Waals surface area contributed by atoms with Gasteiger partial charge in [0, 0.05) is 10.0 Å². The van der Waals surface area contributed by atoms with Crippen molar-refractivity contribution in [2.24, 2.45) is 0 Å². The lowest BCUT2D eigenvalue weighted by Gasteiger charge is -2.04. The van der Waals surface area contributed by atoms with Gasteiger partial charge in [-0.25, -0.2) is 4.68 Å². The van der Waals surface area contributed by atoms with E-state index >= 15 is 0 Å². The summed E-state index contributed by atoms with van der Waals surface area (Å²) in [6.45, 7) is 2.06. The quantitative estimate of drug-likeness (QED) is 0.766. The number of halogens is 1. The highest BCUT2D eigenvalue weighted by atomic mass is 79.9. The number of hydrogen-bond donors (Lipinski definition) is 1. The number of aromatic nitrogens is 2.